The number of benzene rings is 2. The van der Waals surface area contributed by atoms with Gasteiger partial charge in [0.05, 0.1) is 11.5 Å². The van der Waals surface area contributed by atoms with Crippen molar-refractivity contribution in [2.45, 2.75) is 37.1 Å². The quantitative estimate of drug-likeness (QED) is 0.813. The SMILES string of the molecule is c1ccc2c(c1)C[C@@H]1OC(CSCC3=N[C@H]4c5ccccc5C[C@H]4O3)=N[C@H]21. The topological polar surface area (TPSA) is 43.2 Å². The third kappa shape index (κ3) is 2.59. The van der Waals surface area contributed by atoms with E-state index in [1.807, 2.05) is 0 Å². The average molecular weight is 376 g/mol. The van der Waals surface area contributed by atoms with Crippen LogP contribution in [0.4, 0.5) is 0 Å². The minimum Gasteiger partial charge on any atom is -0.474 e. The van der Waals surface area contributed by atoms with E-state index >= 15 is 0 Å². The Morgan fingerprint density at radius 2 is 1.22 bits per heavy atom. The van der Waals surface area contributed by atoms with Crippen molar-refractivity contribution in [3.63, 3.8) is 0 Å². The van der Waals surface area contributed by atoms with Gasteiger partial charge in [0.15, 0.2) is 11.8 Å². The number of hydrogen-bond donors (Lipinski definition) is 0. The molecule has 2 aromatic carbocycles. The van der Waals surface area contributed by atoms with Gasteiger partial charge in [0.25, 0.3) is 0 Å². The van der Waals surface area contributed by atoms with Crippen molar-refractivity contribution < 1.29 is 9.47 Å². The van der Waals surface area contributed by atoms with Crippen molar-refractivity contribution in [2.75, 3.05) is 11.5 Å². The molecule has 4 aliphatic rings. The Hall–Kier alpha value is -2.27. The molecule has 0 saturated carbocycles. The van der Waals surface area contributed by atoms with E-state index in [1.165, 1.54) is 22.3 Å². The molecule has 0 saturated heterocycles. The van der Waals surface area contributed by atoms with Gasteiger partial charge >= 0.3 is 0 Å². The molecule has 0 fully saturated rings. The van der Waals surface area contributed by atoms with Gasteiger partial charge in [-0.3, -0.25) is 0 Å². The van der Waals surface area contributed by atoms with Crippen LogP contribution >= 0.6 is 11.8 Å². The van der Waals surface area contributed by atoms with Gasteiger partial charge in [0, 0.05) is 12.8 Å². The number of fused-ring (bicyclic) bond motifs is 6. The van der Waals surface area contributed by atoms with Crippen molar-refractivity contribution in [3.05, 3.63) is 70.8 Å². The summed E-state index contributed by atoms with van der Waals surface area (Å²) in [4.78, 5) is 9.67. The molecule has 0 spiro atoms. The van der Waals surface area contributed by atoms with E-state index in [-0.39, 0.29) is 24.3 Å². The fourth-order valence-electron chi connectivity index (χ4n) is 4.68. The van der Waals surface area contributed by atoms with Crippen LogP contribution in [0.1, 0.15) is 34.3 Å². The lowest BCUT2D eigenvalue weighted by atomic mass is 10.1. The van der Waals surface area contributed by atoms with Gasteiger partial charge in [-0.05, 0) is 22.3 Å². The first-order valence-electron chi connectivity index (χ1n) is 9.55. The highest BCUT2D eigenvalue weighted by molar-refractivity contribution is 8.00. The summed E-state index contributed by atoms with van der Waals surface area (Å²) < 4.78 is 12.2. The first kappa shape index (κ1) is 15.8. The summed E-state index contributed by atoms with van der Waals surface area (Å²) in [5, 5.41) is 0. The fraction of sp³-hybridized carbons (Fsp3) is 0.364. The maximum absolute atomic E-state index is 6.10. The van der Waals surface area contributed by atoms with Crippen molar-refractivity contribution in [3.8, 4) is 0 Å². The van der Waals surface area contributed by atoms with Gasteiger partial charge in [-0.1, -0.05) is 48.5 Å². The summed E-state index contributed by atoms with van der Waals surface area (Å²) in [6.45, 7) is 0. The molecule has 27 heavy (non-hydrogen) atoms. The zero-order valence-electron chi connectivity index (χ0n) is 14.9. The largest absolute Gasteiger partial charge is 0.474 e. The Balaban J connectivity index is 1.08. The second-order valence-electron chi connectivity index (χ2n) is 7.55. The molecule has 0 unspecified atom stereocenters. The van der Waals surface area contributed by atoms with E-state index in [0.29, 0.717) is 0 Å². The third-order valence-electron chi connectivity index (χ3n) is 5.89. The van der Waals surface area contributed by atoms with Gasteiger partial charge in [0.2, 0.25) is 0 Å². The lowest BCUT2D eigenvalue weighted by molar-refractivity contribution is 0.204. The van der Waals surface area contributed by atoms with Gasteiger partial charge < -0.3 is 9.47 Å². The molecule has 0 bridgehead atoms. The smallest absolute Gasteiger partial charge is 0.194 e. The Morgan fingerprint density at radius 1 is 0.741 bits per heavy atom. The molecule has 5 heteroatoms. The zero-order chi connectivity index (χ0) is 17.8. The molecule has 4 nitrogen and oxygen atoms in total. The molecule has 0 amide bonds. The van der Waals surface area contributed by atoms with Crippen LogP contribution in [0, 0.1) is 0 Å². The highest BCUT2D eigenvalue weighted by Gasteiger charge is 2.40. The van der Waals surface area contributed by atoms with Crippen molar-refractivity contribution in [2.24, 2.45) is 9.98 Å². The summed E-state index contributed by atoms with van der Waals surface area (Å²) in [7, 11) is 0. The lowest BCUT2D eigenvalue weighted by Gasteiger charge is -2.10. The minimum atomic E-state index is 0.188. The van der Waals surface area contributed by atoms with Crippen molar-refractivity contribution in [1.82, 2.24) is 0 Å². The Morgan fingerprint density at radius 3 is 1.74 bits per heavy atom. The van der Waals surface area contributed by atoms with E-state index in [4.69, 9.17) is 19.5 Å². The normalized spacial score (nSPS) is 29.2. The van der Waals surface area contributed by atoms with Gasteiger partial charge in [-0.2, -0.15) is 0 Å². The van der Waals surface area contributed by atoms with Gasteiger partial charge in [-0.25, -0.2) is 9.98 Å². The second kappa shape index (κ2) is 6.13. The van der Waals surface area contributed by atoms with Crippen molar-refractivity contribution >= 4 is 23.6 Å². The third-order valence-corrected chi connectivity index (χ3v) is 6.79. The number of thioether (sulfide) groups is 1. The molecule has 0 aromatic heterocycles. The summed E-state index contributed by atoms with van der Waals surface area (Å²) in [6.07, 6.45) is 2.32. The molecule has 0 N–H and O–H groups in total. The molecule has 6 rings (SSSR count). The Labute approximate surface area is 162 Å². The molecule has 2 heterocycles. The average Bonchev–Trinajstić information content (AvgIpc) is 3.40. The number of aliphatic imine (C=N–C) groups is 2. The predicted octanol–water partition coefficient (Wildman–Crippen LogP) is 3.91. The Kier molecular flexibility index (Phi) is 3.58. The number of nitrogens with zero attached hydrogens (tertiary/aromatic N) is 2. The van der Waals surface area contributed by atoms with Crippen LogP contribution in [-0.4, -0.2) is 35.5 Å². The zero-order valence-corrected chi connectivity index (χ0v) is 15.7. The first-order valence-corrected chi connectivity index (χ1v) is 10.7. The summed E-state index contributed by atoms with van der Waals surface area (Å²) in [5.41, 5.74) is 5.42. The number of hydrogen-bond acceptors (Lipinski definition) is 5. The number of ether oxygens (including phenoxy) is 2. The van der Waals surface area contributed by atoms with Crippen molar-refractivity contribution in [1.29, 1.82) is 0 Å². The van der Waals surface area contributed by atoms with Crippen LogP contribution in [0.2, 0.25) is 0 Å². The highest BCUT2D eigenvalue weighted by Crippen LogP contribution is 2.41. The second-order valence-corrected chi connectivity index (χ2v) is 8.53. The Bertz CT molecular complexity index is 893. The molecule has 136 valence electrons. The van der Waals surface area contributed by atoms with Gasteiger partial charge in [0.1, 0.15) is 24.3 Å². The summed E-state index contributed by atoms with van der Waals surface area (Å²) in [6, 6.07) is 17.5. The van der Waals surface area contributed by atoms with E-state index in [1.54, 1.807) is 11.8 Å². The molecular weight excluding hydrogens is 356 g/mol. The summed E-state index contributed by atoms with van der Waals surface area (Å²) in [5.74, 6) is 3.30. The lowest BCUT2D eigenvalue weighted by Crippen LogP contribution is -2.16. The van der Waals surface area contributed by atoms with Crippen LogP contribution < -0.4 is 0 Å². The monoisotopic (exact) mass is 376 g/mol. The molecule has 0 radical (unpaired) electrons. The molecule has 2 aliphatic carbocycles. The van der Waals surface area contributed by atoms with Crippen LogP contribution in [0.3, 0.4) is 0 Å². The van der Waals surface area contributed by atoms with E-state index in [0.717, 1.165) is 36.1 Å². The van der Waals surface area contributed by atoms with Gasteiger partial charge in [-0.15, -0.1) is 11.8 Å². The number of rotatable bonds is 4. The maximum Gasteiger partial charge on any atom is 0.194 e. The standard InChI is InChI=1S/C22H20N2O2S/c1-3-7-15-13(5-1)9-17-21(15)23-19(25-17)11-27-12-20-24-22-16-8-4-2-6-14(16)10-18(22)26-20/h1-8,17-18,21-22H,9-12H2/t17-,18+,21+,22-. The first-order chi connectivity index (χ1) is 13.3. The van der Waals surface area contributed by atoms with Crippen LogP contribution in [0.15, 0.2) is 58.5 Å². The van der Waals surface area contributed by atoms with E-state index < -0.39 is 0 Å². The van der Waals surface area contributed by atoms with Crippen LogP contribution in [-0.2, 0) is 22.3 Å². The summed E-state index contributed by atoms with van der Waals surface area (Å²) >= 11 is 1.78. The highest BCUT2D eigenvalue weighted by atomic mass is 32.2. The molecular formula is C22H20N2O2S. The van der Waals surface area contributed by atoms with E-state index in [2.05, 4.69) is 48.5 Å². The maximum atomic E-state index is 6.10. The molecule has 2 aliphatic heterocycles. The molecule has 4 atom stereocenters. The predicted molar refractivity (Wildman–Crippen MR) is 108 cm³/mol. The fourth-order valence-corrected chi connectivity index (χ4v) is 5.42. The van der Waals surface area contributed by atoms with Crippen LogP contribution in [0.25, 0.3) is 0 Å². The van der Waals surface area contributed by atoms with Crippen LogP contribution in [0.5, 0.6) is 0 Å². The van der Waals surface area contributed by atoms with E-state index in [9.17, 15) is 0 Å². The molecule has 2 aromatic rings. The minimum absolute atomic E-state index is 0.188.